The molecule has 0 aliphatic carbocycles. The Morgan fingerprint density at radius 1 is 0.422 bits per heavy atom. The number of nitrogens with two attached hydrogens (primary N) is 4. The van der Waals surface area contributed by atoms with E-state index in [-0.39, 0.29) is 51.2 Å². The van der Waals surface area contributed by atoms with Gasteiger partial charge in [0.25, 0.3) is 16.7 Å². The molecule has 90 heavy (non-hydrogen) atoms. The summed E-state index contributed by atoms with van der Waals surface area (Å²) < 4.78 is 18.8. The molecule has 3 saturated heterocycles. The zero-order valence-corrected chi connectivity index (χ0v) is 50.3. The molecule has 9 heterocycles. The number of anilines is 7. The Bertz CT molecular complexity index is 4030. The molecule has 9 aromatic rings. The highest BCUT2D eigenvalue weighted by molar-refractivity contribution is 5.93. The van der Waals surface area contributed by atoms with E-state index in [1.54, 1.807) is 62.6 Å². The van der Waals surface area contributed by atoms with Gasteiger partial charge < -0.3 is 52.3 Å². The number of carbonyl (C=O) groups excluding carboxylic acids is 3. The summed E-state index contributed by atoms with van der Waals surface area (Å²) in [7, 11) is 0. The first-order chi connectivity index (χ1) is 43.3. The molecule has 3 fully saturated rings. The molecular formula is C64H68FN19O6. The molecule has 12 rings (SSSR count). The monoisotopic (exact) mass is 1220 g/mol. The first-order valence-corrected chi connectivity index (χ1v) is 28.9. The lowest BCUT2D eigenvalue weighted by atomic mass is 10.1. The minimum atomic E-state index is -0.586. The van der Waals surface area contributed by atoms with Crippen LogP contribution in [0, 0.1) is 33.5 Å². The molecule has 462 valence electrons. The van der Waals surface area contributed by atoms with E-state index in [9.17, 15) is 33.2 Å². The summed E-state index contributed by atoms with van der Waals surface area (Å²) in [6, 6.07) is 20.6. The van der Waals surface area contributed by atoms with Gasteiger partial charge in [0.1, 0.15) is 64.5 Å². The summed E-state index contributed by atoms with van der Waals surface area (Å²) in [5, 5.41) is 1.94. The fourth-order valence-electron chi connectivity index (χ4n) is 11.7. The Labute approximate surface area is 515 Å². The lowest BCUT2D eigenvalue weighted by molar-refractivity contribution is -0.127. The highest BCUT2D eigenvalue weighted by atomic mass is 19.1. The maximum absolute atomic E-state index is 14.5. The Morgan fingerprint density at radius 2 is 0.711 bits per heavy atom. The topological polar surface area (TPSA) is 318 Å². The van der Waals surface area contributed by atoms with Crippen molar-refractivity contribution in [3.8, 4) is 17.1 Å². The number of fused-ring (bicyclic) bond motifs is 3. The molecule has 0 unspecified atom stereocenters. The third-order valence-electron chi connectivity index (χ3n) is 16.2. The number of rotatable bonds is 9. The third-order valence-corrected chi connectivity index (χ3v) is 16.2. The second kappa shape index (κ2) is 26.0. The zero-order valence-electron chi connectivity index (χ0n) is 50.3. The van der Waals surface area contributed by atoms with Crippen LogP contribution in [-0.4, -0.2) is 155 Å². The fraction of sp³-hybridized carbons (Fsp3) is 0.250. The van der Waals surface area contributed by atoms with E-state index < -0.39 is 11.4 Å². The van der Waals surface area contributed by atoms with Crippen LogP contribution in [-0.2, 0) is 14.4 Å². The molecular weight excluding hydrogens is 1150 g/mol. The Kier molecular flexibility index (Phi) is 17.8. The zero-order chi connectivity index (χ0) is 64.2. The first kappa shape index (κ1) is 61.8. The van der Waals surface area contributed by atoms with E-state index in [4.69, 9.17) is 22.9 Å². The van der Waals surface area contributed by atoms with Crippen LogP contribution >= 0.6 is 0 Å². The number of amides is 3. The summed E-state index contributed by atoms with van der Waals surface area (Å²) in [5.41, 5.74) is 29.7. The normalized spacial score (nSPS) is 14.2. The number of aromatic nitrogens is 9. The molecule has 25 nitrogen and oxygen atoms in total. The molecule has 3 amide bonds. The molecule has 0 atom stereocenters. The largest absolute Gasteiger partial charge is 0.397 e. The van der Waals surface area contributed by atoms with Crippen LogP contribution in [0.25, 0.3) is 49.8 Å². The van der Waals surface area contributed by atoms with Gasteiger partial charge in [0.2, 0.25) is 17.7 Å². The number of nitrogen functional groups attached to an aromatic ring is 4. The van der Waals surface area contributed by atoms with Crippen LogP contribution in [0.3, 0.4) is 0 Å². The van der Waals surface area contributed by atoms with Gasteiger partial charge in [-0.3, -0.25) is 42.5 Å². The van der Waals surface area contributed by atoms with Crippen molar-refractivity contribution >= 4 is 90.6 Å². The molecule has 3 aliphatic heterocycles. The number of piperazine rings is 3. The first-order valence-electron chi connectivity index (χ1n) is 28.9. The number of benzene rings is 3. The third kappa shape index (κ3) is 11.8. The number of hydrogen-bond acceptors (Lipinski definition) is 19. The lowest BCUT2D eigenvalue weighted by Crippen LogP contribution is -2.48. The van der Waals surface area contributed by atoms with Gasteiger partial charge in [-0.25, -0.2) is 34.3 Å². The summed E-state index contributed by atoms with van der Waals surface area (Å²) in [6.45, 7) is 24.9. The van der Waals surface area contributed by atoms with Crippen LogP contribution in [0.4, 0.5) is 44.6 Å². The number of aryl methyl sites for hydroxylation is 4. The number of halogens is 1. The quantitative estimate of drug-likeness (QED) is 0.114. The van der Waals surface area contributed by atoms with Gasteiger partial charge in [-0.15, -0.1) is 0 Å². The SMILES string of the molecule is C=CC(=O)N1CCN(c2ncnc3c(=O)n(-c4c(C)cccc4N)c(C)cc23)CC1.C=CC(=O)N1CCN(c2ncnc3c(=O)n(-c4c(N)cccc4F)c(C)cc23)CC1.C=CC(=O)N1CCN(c2ncnc3c(=O)n(-c4c(N)cccc4N)c(C)cc23)CC1. The van der Waals surface area contributed by atoms with E-state index in [0.717, 1.165) is 11.3 Å². The molecule has 0 bridgehead atoms. The number of hydrogen-bond donors (Lipinski definition) is 4. The van der Waals surface area contributed by atoms with Crippen LogP contribution in [0.1, 0.15) is 22.6 Å². The van der Waals surface area contributed by atoms with Gasteiger partial charge >= 0.3 is 0 Å². The molecule has 0 radical (unpaired) electrons. The van der Waals surface area contributed by atoms with Crippen molar-refractivity contribution in [1.29, 1.82) is 0 Å². The molecule has 8 N–H and O–H groups in total. The average Bonchev–Trinajstić information content (AvgIpc) is 0.857. The molecule has 0 spiro atoms. The summed E-state index contributed by atoms with van der Waals surface area (Å²) >= 11 is 0. The van der Waals surface area contributed by atoms with Crippen LogP contribution in [0.5, 0.6) is 0 Å². The highest BCUT2D eigenvalue weighted by Gasteiger charge is 2.28. The van der Waals surface area contributed by atoms with Gasteiger partial charge in [-0.2, -0.15) is 0 Å². The number of carbonyl (C=O) groups is 3. The standard InChI is InChI=1S/C22H24N6O2.C21H21FN6O2.C21H23N7O2/c1-4-18(29)26-8-10-27(11-9-26)21-16-12-15(3)28(22(30)19(16)24-13-25-21)20-14(2)6-5-7-17(20)23;2*1-3-17(29)26-7-9-27(10-8-26)20-14-11-13(2)28(21(30)18(14)24-12-25-20)19-15(22)5-4-6-16(19)23/h4-7,12-13H,1,8-11,23H2,2-3H3;3-6,11-12H,1,7-10,23H2,2H3;3-6,11-12H,1,7-10,22-23H2,2H3. The van der Waals surface area contributed by atoms with Crippen LogP contribution < -0.4 is 54.3 Å². The van der Waals surface area contributed by atoms with E-state index in [1.165, 1.54) is 58.5 Å². The van der Waals surface area contributed by atoms with E-state index >= 15 is 0 Å². The predicted octanol–water partition coefficient (Wildman–Crippen LogP) is 4.55. The second-order valence-corrected chi connectivity index (χ2v) is 21.7. The highest BCUT2D eigenvalue weighted by Crippen LogP contribution is 2.31. The van der Waals surface area contributed by atoms with Gasteiger partial charge in [0.15, 0.2) is 0 Å². The Morgan fingerprint density at radius 3 is 1.03 bits per heavy atom. The van der Waals surface area contributed by atoms with Crippen LogP contribution in [0.15, 0.2) is 144 Å². The van der Waals surface area contributed by atoms with E-state index in [0.29, 0.717) is 157 Å². The number of pyridine rings is 3. The molecule has 0 saturated carbocycles. The van der Waals surface area contributed by atoms with E-state index in [2.05, 4.69) is 59.4 Å². The van der Waals surface area contributed by atoms with Crippen molar-refractivity contribution in [1.82, 2.24) is 58.3 Å². The molecule has 26 heteroatoms. The summed E-state index contributed by atoms with van der Waals surface area (Å²) in [5.74, 6) is 1.14. The fourth-order valence-corrected chi connectivity index (χ4v) is 11.7. The molecule has 3 aromatic carbocycles. The van der Waals surface area contributed by atoms with Crippen molar-refractivity contribution in [2.24, 2.45) is 0 Å². The van der Waals surface area contributed by atoms with Crippen molar-refractivity contribution < 1.29 is 18.8 Å². The molecule has 6 aromatic heterocycles. The van der Waals surface area contributed by atoms with Crippen molar-refractivity contribution in [3.05, 3.63) is 189 Å². The van der Waals surface area contributed by atoms with Gasteiger partial charge in [-0.05, 0) is 100 Å². The van der Waals surface area contributed by atoms with Gasteiger partial charge in [0, 0.05) is 95.6 Å². The van der Waals surface area contributed by atoms with Crippen LogP contribution in [0.2, 0.25) is 0 Å². The predicted molar refractivity (Wildman–Crippen MR) is 349 cm³/mol. The molecule has 3 aliphatic rings. The maximum atomic E-state index is 14.5. The second-order valence-electron chi connectivity index (χ2n) is 21.7. The Hall–Kier alpha value is -11.3. The minimum Gasteiger partial charge on any atom is -0.397 e. The van der Waals surface area contributed by atoms with E-state index in [1.807, 2.05) is 49.9 Å². The van der Waals surface area contributed by atoms with Crippen molar-refractivity contribution in [2.45, 2.75) is 27.7 Å². The van der Waals surface area contributed by atoms with Gasteiger partial charge in [0.05, 0.1) is 50.3 Å². The van der Waals surface area contributed by atoms with Gasteiger partial charge in [-0.1, -0.05) is 44.0 Å². The average molecular weight is 1220 g/mol. The lowest BCUT2D eigenvalue weighted by Gasteiger charge is -2.35. The maximum Gasteiger partial charge on any atom is 0.282 e. The summed E-state index contributed by atoms with van der Waals surface area (Å²) in [4.78, 5) is 113. The van der Waals surface area contributed by atoms with Crippen molar-refractivity contribution in [3.63, 3.8) is 0 Å². The summed E-state index contributed by atoms with van der Waals surface area (Å²) in [6.07, 6.45) is 8.08. The number of nitrogens with zero attached hydrogens (tertiary/aromatic N) is 15. The number of para-hydroxylation sites is 3. The van der Waals surface area contributed by atoms with Crippen molar-refractivity contribution in [2.75, 3.05) is 116 Å². The minimum absolute atomic E-state index is 0.0126. The Balaban J connectivity index is 0.000000148. The smallest absolute Gasteiger partial charge is 0.282 e.